The number of nitrogens with zero attached hydrogens (tertiary/aromatic N) is 2. The van der Waals surface area contributed by atoms with E-state index in [0.717, 1.165) is 32.1 Å². The van der Waals surface area contributed by atoms with Gasteiger partial charge in [0.25, 0.3) is 0 Å². The maximum atomic E-state index is 10.0. The molecule has 0 aromatic heterocycles. The highest BCUT2D eigenvalue weighted by molar-refractivity contribution is 5.56. The minimum atomic E-state index is -0.0952. The molecule has 1 saturated carbocycles. The zero-order valence-electron chi connectivity index (χ0n) is 18.6. The van der Waals surface area contributed by atoms with Gasteiger partial charge >= 0.3 is 0 Å². The summed E-state index contributed by atoms with van der Waals surface area (Å²) in [7, 11) is 0. The zero-order valence-corrected chi connectivity index (χ0v) is 18.6. The van der Waals surface area contributed by atoms with E-state index >= 15 is 0 Å². The highest BCUT2D eigenvalue weighted by Gasteiger charge is 2.34. The van der Waals surface area contributed by atoms with Crippen LogP contribution < -0.4 is 5.73 Å². The van der Waals surface area contributed by atoms with Crippen molar-refractivity contribution in [3.63, 3.8) is 0 Å². The van der Waals surface area contributed by atoms with Crippen LogP contribution in [0.15, 0.2) is 34.8 Å². The number of ether oxygens (including phenoxy) is 4. The molecule has 0 amide bonds. The summed E-state index contributed by atoms with van der Waals surface area (Å²) in [5.41, 5.74) is 7.69. The Morgan fingerprint density at radius 3 is 2.26 bits per heavy atom. The van der Waals surface area contributed by atoms with Gasteiger partial charge in [0.1, 0.15) is 24.0 Å². The third-order valence-electron chi connectivity index (χ3n) is 6.41. The monoisotopic (exact) mass is 427 g/mol. The molecule has 0 radical (unpaired) electrons. The molecule has 0 unspecified atom stereocenters. The molecule has 0 bridgehead atoms. The summed E-state index contributed by atoms with van der Waals surface area (Å²) in [5, 5.41) is 19.8. The molecule has 0 aromatic carbocycles. The molecular weight excluding hydrogens is 394 g/mol. The first-order valence-electron chi connectivity index (χ1n) is 11.0. The molecule has 3 rings (SSSR count). The molecule has 31 heavy (non-hydrogen) atoms. The molecule has 2 saturated heterocycles. The highest BCUT2D eigenvalue weighted by Crippen LogP contribution is 2.39. The topological polar surface area (TPSA) is 111 Å². The maximum absolute atomic E-state index is 10.0. The van der Waals surface area contributed by atoms with Crippen molar-refractivity contribution in [3.8, 4) is 12.1 Å². The van der Waals surface area contributed by atoms with Crippen LogP contribution in [0, 0.1) is 34.0 Å². The first-order valence-corrected chi connectivity index (χ1v) is 11.0. The third-order valence-corrected chi connectivity index (χ3v) is 6.41. The zero-order chi connectivity index (χ0) is 22.4. The van der Waals surface area contributed by atoms with Crippen molar-refractivity contribution in [3.05, 3.63) is 34.8 Å². The van der Waals surface area contributed by atoms with Crippen LogP contribution in [0.5, 0.6) is 0 Å². The predicted octanol–water partition coefficient (Wildman–Crippen LogP) is 3.49. The van der Waals surface area contributed by atoms with Gasteiger partial charge in [0.15, 0.2) is 0 Å². The molecule has 168 valence electrons. The number of hydrogen-bond acceptors (Lipinski definition) is 7. The number of nitrogens with two attached hydrogens (primary N) is 1. The number of nitriles is 2. The lowest BCUT2D eigenvalue weighted by molar-refractivity contribution is -0.161. The van der Waals surface area contributed by atoms with Gasteiger partial charge in [-0.1, -0.05) is 13.5 Å². The Morgan fingerprint density at radius 1 is 1.10 bits per heavy atom. The Hall–Kier alpha value is -2.32. The van der Waals surface area contributed by atoms with E-state index in [0.29, 0.717) is 61.2 Å². The summed E-state index contributed by atoms with van der Waals surface area (Å²) >= 11 is 0. The van der Waals surface area contributed by atoms with Crippen LogP contribution in [0.1, 0.15) is 46.0 Å². The van der Waals surface area contributed by atoms with Crippen LogP contribution in [-0.4, -0.2) is 45.2 Å². The summed E-state index contributed by atoms with van der Waals surface area (Å²) in [6.07, 6.45) is 4.66. The molecule has 2 heterocycles. The normalized spacial score (nSPS) is 30.3. The lowest BCUT2D eigenvalue weighted by Gasteiger charge is -2.35. The molecular formula is C24H33N3O4. The van der Waals surface area contributed by atoms with Crippen molar-refractivity contribution in [2.45, 2.75) is 58.2 Å². The molecule has 3 aliphatic rings. The van der Waals surface area contributed by atoms with Crippen molar-refractivity contribution in [1.29, 1.82) is 10.5 Å². The van der Waals surface area contributed by atoms with Crippen molar-refractivity contribution >= 4 is 0 Å². The predicted molar refractivity (Wildman–Crippen MR) is 115 cm³/mol. The second-order valence-corrected chi connectivity index (χ2v) is 9.16. The Kier molecular flexibility index (Phi) is 7.78. The van der Waals surface area contributed by atoms with E-state index in [2.05, 4.69) is 25.6 Å². The van der Waals surface area contributed by atoms with E-state index in [1.807, 2.05) is 0 Å². The maximum Gasteiger partial charge on any atom is 0.130 e. The molecule has 7 heteroatoms. The number of rotatable bonds is 8. The Bertz CT molecular complexity index is 811. The lowest BCUT2D eigenvalue weighted by atomic mass is 9.77. The quantitative estimate of drug-likeness (QED) is 0.358. The van der Waals surface area contributed by atoms with Gasteiger partial charge in [-0.3, -0.25) is 0 Å². The first-order chi connectivity index (χ1) is 14.9. The molecule has 2 N–H and O–H groups in total. The Labute approximate surface area is 185 Å². The van der Waals surface area contributed by atoms with Gasteiger partial charge in [-0.05, 0) is 50.5 Å². The summed E-state index contributed by atoms with van der Waals surface area (Å²) in [4.78, 5) is 0. The van der Waals surface area contributed by atoms with Gasteiger partial charge in [-0.2, -0.15) is 10.5 Å². The van der Waals surface area contributed by atoms with Crippen LogP contribution in [-0.2, 0) is 18.9 Å². The SMILES string of the molecule is C=C(OC[C@@]1(C)CCOC1)/C(C#N)=C(\C(C#N)=C(\C)N)C1CCC(OC2COC2)CC1. The molecule has 2 aliphatic heterocycles. The van der Waals surface area contributed by atoms with Crippen LogP contribution in [0.3, 0.4) is 0 Å². The van der Waals surface area contributed by atoms with E-state index in [-0.39, 0.29) is 23.5 Å². The average molecular weight is 428 g/mol. The fraction of sp³-hybridized carbons (Fsp3) is 0.667. The van der Waals surface area contributed by atoms with E-state index < -0.39 is 0 Å². The standard InChI is InChI=1S/C24H33N3O4/c1-16(27)21(10-25)23(18-4-6-19(7-5-18)31-20-12-29-13-20)22(11-26)17(2)30-15-24(3)8-9-28-14-24/h18-20H,2,4-9,12-15,27H2,1,3H3/b21-16-,23-22-/t18?,19?,24-/m0/s1. The molecule has 3 fully saturated rings. The summed E-state index contributed by atoms with van der Waals surface area (Å²) in [6.45, 7) is 10.9. The molecule has 0 spiro atoms. The Morgan fingerprint density at radius 2 is 1.77 bits per heavy atom. The van der Waals surface area contributed by atoms with Gasteiger partial charge in [-0.15, -0.1) is 0 Å². The number of hydrogen-bond donors (Lipinski definition) is 1. The van der Waals surface area contributed by atoms with Gasteiger partial charge in [0.2, 0.25) is 0 Å². The van der Waals surface area contributed by atoms with Gasteiger partial charge in [0.05, 0.1) is 43.7 Å². The largest absolute Gasteiger partial charge is 0.492 e. The van der Waals surface area contributed by atoms with E-state index in [1.54, 1.807) is 6.92 Å². The lowest BCUT2D eigenvalue weighted by Crippen LogP contribution is -2.40. The fourth-order valence-electron chi connectivity index (χ4n) is 4.38. The van der Waals surface area contributed by atoms with E-state index in [4.69, 9.17) is 24.7 Å². The fourth-order valence-corrected chi connectivity index (χ4v) is 4.38. The van der Waals surface area contributed by atoms with Crippen molar-refractivity contribution in [2.24, 2.45) is 17.1 Å². The van der Waals surface area contributed by atoms with Crippen molar-refractivity contribution in [2.75, 3.05) is 33.0 Å². The minimum absolute atomic E-state index is 0.0334. The van der Waals surface area contributed by atoms with Crippen LogP contribution >= 0.6 is 0 Å². The van der Waals surface area contributed by atoms with Crippen molar-refractivity contribution < 1.29 is 18.9 Å². The smallest absolute Gasteiger partial charge is 0.130 e. The average Bonchev–Trinajstić information content (AvgIpc) is 3.16. The summed E-state index contributed by atoms with van der Waals surface area (Å²) < 4.78 is 22.7. The summed E-state index contributed by atoms with van der Waals surface area (Å²) in [5.74, 6) is 0.329. The molecule has 1 aliphatic carbocycles. The van der Waals surface area contributed by atoms with Gasteiger partial charge < -0.3 is 24.7 Å². The third kappa shape index (κ3) is 5.68. The summed E-state index contributed by atoms with van der Waals surface area (Å²) in [6, 6.07) is 4.47. The van der Waals surface area contributed by atoms with Gasteiger partial charge in [-0.25, -0.2) is 0 Å². The molecule has 7 nitrogen and oxygen atoms in total. The van der Waals surface area contributed by atoms with E-state index in [9.17, 15) is 10.5 Å². The van der Waals surface area contributed by atoms with E-state index in [1.165, 1.54) is 0 Å². The second kappa shape index (κ2) is 10.3. The highest BCUT2D eigenvalue weighted by atomic mass is 16.6. The Balaban J connectivity index is 1.78. The molecule has 1 atom stereocenters. The van der Waals surface area contributed by atoms with Crippen molar-refractivity contribution in [1.82, 2.24) is 0 Å². The van der Waals surface area contributed by atoms with Crippen LogP contribution in [0.4, 0.5) is 0 Å². The van der Waals surface area contributed by atoms with Crippen LogP contribution in [0.25, 0.3) is 0 Å². The first kappa shape index (κ1) is 23.3. The second-order valence-electron chi connectivity index (χ2n) is 9.16. The van der Waals surface area contributed by atoms with Crippen LogP contribution in [0.2, 0.25) is 0 Å². The van der Waals surface area contributed by atoms with Gasteiger partial charge in [0, 0.05) is 17.7 Å². The minimum Gasteiger partial charge on any atom is -0.492 e. The molecule has 0 aromatic rings. The number of allylic oxidation sites excluding steroid dienone is 4.